The van der Waals surface area contributed by atoms with Crippen LogP contribution >= 0.6 is 0 Å². The molecule has 0 aliphatic heterocycles. The number of carbonyl (C=O) groups is 1. The van der Waals surface area contributed by atoms with Crippen molar-refractivity contribution < 1.29 is 23.4 Å². The van der Waals surface area contributed by atoms with Gasteiger partial charge in [-0.3, -0.25) is 9.40 Å². The number of aryl methyl sites for hydroxylation is 1. The van der Waals surface area contributed by atoms with Gasteiger partial charge in [0.15, 0.2) is 0 Å². The summed E-state index contributed by atoms with van der Waals surface area (Å²) in [4.78, 5) is 10.6. The number of aromatic hydroxyl groups is 1. The smallest absolute Gasteiger partial charge is 0.339 e. The van der Waals surface area contributed by atoms with Crippen LogP contribution in [-0.2, 0) is 17.1 Å². The van der Waals surface area contributed by atoms with E-state index in [0.29, 0.717) is 0 Å². The first-order valence-electron chi connectivity index (χ1n) is 5.37. The molecule has 0 radical (unpaired) electrons. The van der Waals surface area contributed by atoms with Crippen molar-refractivity contribution in [3.8, 4) is 5.75 Å². The Hall–Kier alpha value is -2.55. The maximum atomic E-state index is 12.1. The van der Waals surface area contributed by atoms with Crippen LogP contribution in [0, 0.1) is 0 Å². The second-order valence-corrected chi connectivity index (χ2v) is 5.67. The Kier molecular flexibility index (Phi) is 3.36. The fraction of sp³-hybridized carbons (Fsp3) is 0.0909. The second kappa shape index (κ2) is 4.85. The SMILES string of the molecule is Cn1cc(NS(=O)(=O)c2ccc(O)c(C(=O)O)c2)cn1. The Bertz CT molecular complexity index is 766. The van der Waals surface area contributed by atoms with Gasteiger partial charge < -0.3 is 10.2 Å². The minimum Gasteiger partial charge on any atom is -0.507 e. The zero-order valence-corrected chi connectivity index (χ0v) is 11.1. The van der Waals surface area contributed by atoms with Gasteiger partial charge in [0.2, 0.25) is 0 Å². The van der Waals surface area contributed by atoms with E-state index in [1.165, 1.54) is 17.1 Å². The first kappa shape index (κ1) is 13.9. The molecule has 2 aromatic rings. The van der Waals surface area contributed by atoms with Crippen molar-refractivity contribution in [3.05, 3.63) is 36.2 Å². The molecule has 2 rings (SSSR count). The summed E-state index contributed by atoms with van der Waals surface area (Å²) >= 11 is 0. The number of anilines is 1. The molecule has 0 aliphatic rings. The van der Waals surface area contributed by atoms with E-state index in [1.807, 2.05) is 0 Å². The fourth-order valence-corrected chi connectivity index (χ4v) is 2.60. The monoisotopic (exact) mass is 297 g/mol. The third-order valence-corrected chi connectivity index (χ3v) is 3.84. The fourth-order valence-electron chi connectivity index (χ4n) is 1.54. The first-order chi connectivity index (χ1) is 9.29. The molecule has 0 aliphatic carbocycles. The standard InChI is InChI=1S/C11H11N3O5S/c1-14-6-7(5-12-14)13-20(18,19)8-2-3-10(15)9(4-8)11(16)17/h2-6,13,15H,1H3,(H,16,17). The highest BCUT2D eigenvalue weighted by atomic mass is 32.2. The van der Waals surface area contributed by atoms with Crippen LogP contribution in [0.25, 0.3) is 0 Å². The van der Waals surface area contributed by atoms with Gasteiger partial charge in [0.25, 0.3) is 10.0 Å². The van der Waals surface area contributed by atoms with E-state index >= 15 is 0 Å². The van der Waals surface area contributed by atoms with Crippen molar-refractivity contribution in [2.75, 3.05) is 4.72 Å². The molecule has 8 nitrogen and oxygen atoms in total. The molecule has 0 fully saturated rings. The lowest BCUT2D eigenvalue weighted by atomic mass is 10.2. The van der Waals surface area contributed by atoms with Gasteiger partial charge in [-0.15, -0.1) is 0 Å². The van der Waals surface area contributed by atoms with Crippen LogP contribution in [0.3, 0.4) is 0 Å². The summed E-state index contributed by atoms with van der Waals surface area (Å²) in [5, 5.41) is 22.0. The number of rotatable bonds is 4. The Morgan fingerprint density at radius 3 is 2.65 bits per heavy atom. The number of phenols is 1. The first-order valence-corrected chi connectivity index (χ1v) is 6.86. The second-order valence-electron chi connectivity index (χ2n) is 3.99. The molecule has 9 heteroatoms. The maximum absolute atomic E-state index is 12.1. The highest BCUT2D eigenvalue weighted by Gasteiger charge is 2.19. The molecule has 0 bridgehead atoms. The lowest BCUT2D eigenvalue weighted by Gasteiger charge is -2.07. The van der Waals surface area contributed by atoms with E-state index in [9.17, 15) is 18.3 Å². The van der Waals surface area contributed by atoms with Crippen LogP contribution in [0.5, 0.6) is 5.75 Å². The van der Waals surface area contributed by atoms with E-state index in [-0.39, 0.29) is 10.6 Å². The summed E-state index contributed by atoms with van der Waals surface area (Å²) in [6.07, 6.45) is 2.77. The molecule has 0 atom stereocenters. The quantitative estimate of drug-likeness (QED) is 0.760. The highest BCUT2D eigenvalue weighted by Crippen LogP contribution is 2.23. The summed E-state index contributed by atoms with van der Waals surface area (Å²) in [7, 11) is -2.32. The van der Waals surface area contributed by atoms with Crippen molar-refractivity contribution in [1.82, 2.24) is 9.78 Å². The predicted octanol–water partition coefficient (Wildman–Crippen LogP) is 0.625. The van der Waals surface area contributed by atoms with E-state index in [1.54, 1.807) is 7.05 Å². The normalized spacial score (nSPS) is 11.2. The van der Waals surface area contributed by atoms with Gasteiger partial charge in [0.05, 0.1) is 16.8 Å². The number of carboxylic acids is 1. The third kappa shape index (κ3) is 2.72. The minimum atomic E-state index is -3.95. The van der Waals surface area contributed by atoms with Crippen molar-refractivity contribution in [3.63, 3.8) is 0 Å². The Balaban J connectivity index is 2.39. The van der Waals surface area contributed by atoms with E-state index < -0.39 is 27.3 Å². The van der Waals surface area contributed by atoms with Crippen LogP contribution in [0.2, 0.25) is 0 Å². The number of aromatic nitrogens is 2. The molecule has 0 spiro atoms. The van der Waals surface area contributed by atoms with Crippen LogP contribution in [0.15, 0.2) is 35.5 Å². The number of sulfonamides is 1. The third-order valence-electron chi connectivity index (χ3n) is 2.47. The molecule has 1 aromatic carbocycles. The lowest BCUT2D eigenvalue weighted by Crippen LogP contribution is -2.13. The molecule has 0 unspecified atom stereocenters. The average Bonchev–Trinajstić information content (AvgIpc) is 2.73. The molecule has 0 saturated heterocycles. The molecule has 0 amide bonds. The molecule has 1 aromatic heterocycles. The van der Waals surface area contributed by atoms with Crippen LogP contribution in [0.4, 0.5) is 5.69 Å². The molecular formula is C11H11N3O5S. The highest BCUT2D eigenvalue weighted by molar-refractivity contribution is 7.92. The van der Waals surface area contributed by atoms with Crippen molar-refractivity contribution in [2.24, 2.45) is 7.05 Å². The number of hydrogen-bond acceptors (Lipinski definition) is 5. The van der Waals surface area contributed by atoms with E-state index in [2.05, 4.69) is 9.82 Å². The molecular weight excluding hydrogens is 286 g/mol. The summed E-state index contributed by atoms with van der Waals surface area (Å²) < 4.78 is 27.8. The van der Waals surface area contributed by atoms with Crippen LogP contribution in [0.1, 0.15) is 10.4 Å². The van der Waals surface area contributed by atoms with Crippen molar-refractivity contribution >= 4 is 21.7 Å². The maximum Gasteiger partial charge on any atom is 0.339 e. The van der Waals surface area contributed by atoms with Gasteiger partial charge in [-0.25, -0.2) is 13.2 Å². The van der Waals surface area contributed by atoms with Crippen LogP contribution in [-0.4, -0.2) is 34.4 Å². The van der Waals surface area contributed by atoms with Gasteiger partial charge in [-0.05, 0) is 18.2 Å². The Morgan fingerprint density at radius 1 is 1.40 bits per heavy atom. The molecule has 0 saturated carbocycles. The zero-order valence-electron chi connectivity index (χ0n) is 10.3. The van der Waals surface area contributed by atoms with Gasteiger partial charge in [0, 0.05) is 13.2 Å². The van der Waals surface area contributed by atoms with Crippen LogP contribution < -0.4 is 4.72 Å². The Morgan fingerprint density at radius 2 is 2.10 bits per heavy atom. The van der Waals surface area contributed by atoms with Gasteiger partial charge in [0.1, 0.15) is 11.3 Å². The molecule has 20 heavy (non-hydrogen) atoms. The van der Waals surface area contributed by atoms with E-state index in [4.69, 9.17) is 5.11 Å². The molecule has 106 valence electrons. The zero-order chi connectivity index (χ0) is 14.9. The number of nitrogens with zero attached hydrogens (tertiary/aromatic N) is 2. The summed E-state index contributed by atoms with van der Waals surface area (Å²) in [6, 6.07) is 3.01. The minimum absolute atomic E-state index is 0.248. The largest absolute Gasteiger partial charge is 0.507 e. The topological polar surface area (TPSA) is 122 Å². The molecule has 1 heterocycles. The molecule has 3 N–H and O–H groups in total. The van der Waals surface area contributed by atoms with Crippen molar-refractivity contribution in [2.45, 2.75) is 4.90 Å². The predicted molar refractivity (Wildman–Crippen MR) is 69.1 cm³/mol. The Labute approximate surface area is 114 Å². The van der Waals surface area contributed by atoms with Crippen molar-refractivity contribution in [1.29, 1.82) is 0 Å². The summed E-state index contributed by atoms with van der Waals surface area (Å²) in [6.45, 7) is 0. The van der Waals surface area contributed by atoms with Gasteiger partial charge in [-0.2, -0.15) is 5.10 Å². The number of carboxylic acid groups (broad SMARTS) is 1. The number of hydrogen-bond donors (Lipinski definition) is 3. The van der Waals surface area contributed by atoms with E-state index in [0.717, 1.165) is 18.2 Å². The van der Waals surface area contributed by atoms with Gasteiger partial charge >= 0.3 is 5.97 Å². The van der Waals surface area contributed by atoms with Gasteiger partial charge in [-0.1, -0.05) is 0 Å². The number of aromatic carboxylic acids is 1. The number of benzene rings is 1. The lowest BCUT2D eigenvalue weighted by molar-refractivity contribution is 0.0693. The average molecular weight is 297 g/mol. The summed E-state index contributed by atoms with van der Waals surface area (Å²) in [5.41, 5.74) is -0.239. The summed E-state index contributed by atoms with van der Waals surface area (Å²) in [5.74, 6) is -1.92. The number of nitrogens with one attached hydrogen (secondary N) is 1.